The van der Waals surface area contributed by atoms with E-state index in [2.05, 4.69) is 10.3 Å². The van der Waals surface area contributed by atoms with Gasteiger partial charge in [0.2, 0.25) is 5.91 Å². The maximum atomic E-state index is 11.6. The van der Waals surface area contributed by atoms with Crippen LogP contribution in [0.3, 0.4) is 0 Å². The fourth-order valence-electron chi connectivity index (χ4n) is 1.57. The zero-order valence-electron chi connectivity index (χ0n) is 10.1. The van der Waals surface area contributed by atoms with Crippen molar-refractivity contribution in [3.05, 3.63) is 66.0 Å². The summed E-state index contributed by atoms with van der Waals surface area (Å²) in [4.78, 5) is 15.6. The number of nitrogens with zero attached hydrogens (tertiary/aromatic N) is 1. The summed E-state index contributed by atoms with van der Waals surface area (Å²) in [5.41, 5.74) is 2.87. The molecule has 0 spiro atoms. The Labute approximate surface area is 106 Å². The normalized spacial score (nSPS) is 10.5. The Balaban J connectivity index is 1.99. The predicted molar refractivity (Wildman–Crippen MR) is 73.1 cm³/mol. The molecule has 3 nitrogen and oxygen atoms in total. The van der Waals surface area contributed by atoms with Crippen LogP contribution in [0.2, 0.25) is 0 Å². The molecule has 3 heteroatoms. The Bertz CT molecular complexity index is 562. The van der Waals surface area contributed by atoms with E-state index in [0.29, 0.717) is 5.69 Å². The number of carbonyl (C=O) groups is 1. The Kier molecular flexibility index (Phi) is 3.86. The van der Waals surface area contributed by atoms with Crippen LogP contribution in [0.15, 0.2) is 54.9 Å². The molecule has 1 amide bonds. The number of amides is 1. The van der Waals surface area contributed by atoms with E-state index in [4.69, 9.17) is 0 Å². The summed E-state index contributed by atoms with van der Waals surface area (Å²) in [5.74, 6) is -0.162. The van der Waals surface area contributed by atoms with Crippen molar-refractivity contribution < 1.29 is 4.79 Å². The average molecular weight is 238 g/mol. The third-order valence-electron chi connectivity index (χ3n) is 2.40. The monoisotopic (exact) mass is 238 g/mol. The highest BCUT2D eigenvalue weighted by Crippen LogP contribution is 2.07. The number of anilines is 1. The van der Waals surface area contributed by atoms with E-state index in [-0.39, 0.29) is 5.91 Å². The first-order chi connectivity index (χ1) is 8.74. The van der Waals surface area contributed by atoms with E-state index in [0.717, 1.165) is 5.56 Å². The largest absolute Gasteiger partial charge is 0.321 e. The van der Waals surface area contributed by atoms with Crippen molar-refractivity contribution >= 4 is 17.7 Å². The van der Waals surface area contributed by atoms with Crippen molar-refractivity contribution in [1.29, 1.82) is 0 Å². The highest BCUT2D eigenvalue weighted by molar-refractivity contribution is 6.01. The minimum absolute atomic E-state index is 0.162. The van der Waals surface area contributed by atoms with Gasteiger partial charge in [-0.1, -0.05) is 29.8 Å². The lowest BCUT2D eigenvalue weighted by molar-refractivity contribution is -0.111. The average Bonchev–Trinajstić information content (AvgIpc) is 2.38. The molecule has 90 valence electrons. The van der Waals surface area contributed by atoms with E-state index in [1.807, 2.05) is 31.2 Å². The van der Waals surface area contributed by atoms with Crippen molar-refractivity contribution in [1.82, 2.24) is 4.98 Å². The van der Waals surface area contributed by atoms with Crippen LogP contribution in [0.1, 0.15) is 11.1 Å². The minimum atomic E-state index is -0.162. The molecular weight excluding hydrogens is 224 g/mol. The second-order valence-corrected chi connectivity index (χ2v) is 3.98. The Morgan fingerprint density at radius 3 is 2.89 bits per heavy atom. The molecule has 0 aliphatic rings. The van der Waals surface area contributed by atoms with Gasteiger partial charge >= 0.3 is 0 Å². The number of aryl methyl sites for hydroxylation is 1. The topological polar surface area (TPSA) is 42.0 Å². The van der Waals surface area contributed by atoms with Crippen molar-refractivity contribution in [2.24, 2.45) is 0 Å². The molecule has 0 saturated heterocycles. The second kappa shape index (κ2) is 5.77. The first kappa shape index (κ1) is 12.0. The SMILES string of the molecule is Cc1cccc(/C=C/C(=O)Nc2cccnc2)c1. The Hall–Kier alpha value is -2.42. The summed E-state index contributed by atoms with van der Waals surface area (Å²) in [6.07, 6.45) is 6.58. The Morgan fingerprint density at radius 1 is 1.28 bits per heavy atom. The summed E-state index contributed by atoms with van der Waals surface area (Å²) in [5, 5.41) is 2.74. The standard InChI is InChI=1S/C15H14N2O/c1-12-4-2-5-13(10-12)7-8-15(18)17-14-6-3-9-16-11-14/h2-11H,1H3,(H,17,18)/b8-7+. The maximum absolute atomic E-state index is 11.6. The quantitative estimate of drug-likeness (QED) is 0.835. The number of hydrogen-bond donors (Lipinski definition) is 1. The van der Waals surface area contributed by atoms with E-state index in [1.54, 1.807) is 30.6 Å². The van der Waals surface area contributed by atoms with Crippen LogP contribution in [-0.4, -0.2) is 10.9 Å². The van der Waals surface area contributed by atoms with Crippen LogP contribution in [0.4, 0.5) is 5.69 Å². The van der Waals surface area contributed by atoms with Gasteiger partial charge in [0.1, 0.15) is 0 Å². The third kappa shape index (κ3) is 3.56. The second-order valence-electron chi connectivity index (χ2n) is 3.98. The van der Waals surface area contributed by atoms with Gasteiger partial charge in [-0.25, -0.2) is 0 Å². The number of rotatable bonds is 3. The molecule has 0 aliphatic carbocycles. The molecule has 0 atom stereocenters. The first-order valence-electron chi connectivity index (χ1n) is 5.70. The number of carbonyl (C=O) groups excluding carboxylic acids is 1. The predicted octanol–water partition coefficient (Wildman–Crippen LogP) is 3.04. The lowest BCUT2D eigenvalue weighted by Gasteiger charge is -2.00. The molecule has 0 radical (unpaired) electrons. The van der Waals surface area contributed by atoms with Gasteiger partial charge in [-0.05, 0) is 30.7 Å². The van der Waals surface area contributed by atoms with Crippen LogP contribution < -0.4 is 5.32 Å². The molecule has 1 N–H and O–H groups in total. The maximum Gasteiger partial charge on any atom is 0.248 e. The lowest BCUT2D eigenvalue weighted by atomic mass is 10.1. The Morgan fingerprint density at radius 2 is 2.17 bits per heavy atom. The molecule has 0 fully saturated rings. The third-order valence-corrected chi connectivity index (χ3v) is 2.40. The van der Waals surface area contributed by atoms with Crippen molar-refractivity contribution in [3.8, 4) is 0 Å². The van der Waals surface area contributed by atoms with Crippen molar-refractivity contribution in [3.63, 3.8) is 0 Å². The minimum Gasteiger partial charge on any atom is -0.321 e. The number of pyridine rings is 1. The van der Waals surface area contributed by atoms with Crippen LogP contribution >= 0.6 is 0 Å². The van der Waals surface area contributed by atoms with Crippen molar-refractivity contribution in [2.75, 3.05) is 5.32 Å². The van der Waals surface area contributed by atoms with E-state index in [1.165, 1.54) is 11.6 Å². The number of hydrogen-bond acceptors (Lipinski definition) is 2. The summed E-state index contributed by atoms with van der Waals surface area (Å²) >= 11 is 0. The number of nitrogens with one attached hydrogen (secondary N) is 1. The molecule has 0 aliphatic heterocycles. The molecule has 1 aromatic carbocycles. The first-order valence-corrected chi connectivity index (χ1v) is 5.70. The van der Waals surface area contributed by atoms with E-state index < -0.39 is 0 Å². The number of benzene rings is 1. The van der Waals surface area contributed by atoms with Crippen LogP contribution in [0.25, 0.3) is 6.08 Å². The molecule has 0 saturated carbocycles. The fraction of sp³-hybridized carbons (Fsp3) is 0.0667. The van der Waals surface area contributed by atoms with Gasteiger partial charge in [-0.3, -0.25) is 9.78 Å². The zero-order chi connectivity index (χ0) is 12.8. The smallest absolute Gasteiger partial charge is 0.248 e. The van der Waals surface area contributed by atoms with Gasteiger partial charge in [0.25, 0.3) is 0 Å². The molecule has 0 bridgehead atoms. The number of aromatic nitrogens is 1. The van der Waals surface area contributed by atoms with Gasteiger partial charge in [-0.15, -0.1) is 0 Å². The summed E-state index contributed by atoms with van der Waals surface area (Å²) in [6.45, 7) is 2.02. The van der Waals surface area contributed by atoms with Gasteiger partial charge in [0.05, 0.1) is 11.9 Å². The van der Waals surface area contributed by atoms with Gasteiger partial charge in [-0.2, -0.15) is 0 Å². The summed E-state index contributed by atoms with van der Waals surface area (Å²) < 4.78 is 0. The van der Waals surface area contributed by atoms with E-state index >= 15 is 0 Å². The van der Waals surface area contributed by atoms with Crippen LogP contribution in [-0.2, 0) is 4.79 Å². The highest BCUT2D eigenvalue weighted by atomic mass is 16.1. The van der Waals surface area contributed by atoms with Crippen LogP contribution in [0.5, 0.6) is 0 Å². The molecule has 0 unspecified atom stereocenters. The van der Waals surface area contributed by atoms with Crippen molar-refractivity contribution in [2.45, 2.75) is 6.92 Å². The summed E-state index contributed by atoms with van der Waals surface area (Å²) in [7, 11) is 0. The summed E-state index contributed by atoms with van der Waals surface area (Å²) in [6, 6.07) is 11.5. The molecule has 2 aromatic rings. The fourth-order valence-corrected chi connectivity index (χ4v) is 1.57. The zero-order valence-corrected chi connectivity index (χ0v) is 10.1. The van der Waals surface area contributed by atoms with Gasteiger partial charge < -0.3 is 5.32 Å². The molecular formula is C15H14N2O. The van der Waals surface area contributed by atoms with E-state index in [9.17, 15) is 4.79 Å². The molecule has 1 heterocycles. The molecule has 18 heavy (non-hydrogen) atoms. The molecule has 2 rings (SSSR count). The van der Waals surface area contributed by atoms with Crippen LogP contribution in [0, 0.1) is 6.92 Å². The van der Waals surface area contributed by atoms with Gasteiger partial charge in [0, 0.05) is 12.3 Å². The lowest BCUT2D eigenvalue weighted by Crippen LogP contribution is -2.07. The highest BCUT2D eigenvalue weighted by Gasteiger charge is 1.96. The van der Waals surface area contributed by atoms with Gasteiger partial charge in [0.15, 0.2) is 0 Å². The molecule has 1 aromatic heterocycles.